The van der Waals surface area contributed by atoms with Crippen molar-refractivity contribution in [1.82, 2.24) is 0 Å². The highest BCUT2D eigenvalue weighted by Crippen LogP contribution is 2.28. The van der Waals surface area contributed by atoms with Crippen LogP contribution >= 0.6 is 0 Å². The topological polar surface area (TPSA) is 35.5 Å². The molecule has 1 aromatic carbocycles. The Labute approximate surface area is 82.6 Å². The molecule has 0 N–H and O–H groups in total. The molecule has 14 heavy (non-hydrogen) atoms. The zero-order valence-corrected chi connectivity index (χ0v) is 8.24. The van der Waals surface area contributed by atoms with Gasteiger partial charge in [-0.1, -0.05) is 12.1 Å². The average molecular weight is 192 g/mol. The summed E-state index contributed by atoms with van der Waals surface area (Å²) >= 11 is 0. The van der Waals surface area contributed by atoms with Crippen LogP contribution in [0, 0.1) is 0 Å². The summed E-state index contributed by atoms with van der Waals surface area (Å²) in [6.45, 7) is 1.89. The lowest BCUT2D eigenvalue weighted by atomic mass is 9.98. The smallest absolute Gasteiger partial charge is 0.342 e. The quantitative estimate of drug-likeness (QED) is 0.636. The summed E-state index contributed by atoms with van der Waals surface area (Å²) in [5.74, 6) is 0.315. The van der Waals surface area contributed by atoms with Gasteiger partial charge in [0.05, 0.1) is 7.11 Å². The van der Waals surface area contributed by atoms with E-state index in [2.05, 4.69) is 0 Å². The van der Waals surface area contributed by atoms with Crippen molar-refractivity contribution in [1.29, 1.82) is 0 Å². The van der Waals surface area contributed by atoms with Crippen LogP contribution < -0.4 is 4.74 Å². The van der Waals surface area contributed by atoms with E-state index in [4.69, 9.17) is 9.47 Å². The third-order valence-corrected chi connectivity index (χ3v) is 2.35. The molecule has 1 atom stereocenters. The number of rotatable bonds is 1. The van der Waals surface area contributed by atoms with Gasteiger partial charge in [-0.2, -0.15) is 0 Å². The number of carbonyl (C=O) groups excluding carboxylic acids is 1. The fraction of sp³-hybridized carbons (Fsp3) is 0.364. The number of hydrogen-bond donors (Lipinski definition) is 0. The van der Waals surface area contributed by atoms with Gasteiger partial charge in [-0.15, -0.1) is 0 Å². The lowest BCUT2D eigenvalue weighted by Gasteiger charge is -2.22. The van der Waals surface area contributed by atoms with Crippen LogP contribution in [0.1, 0.15) is 22.8 Å². The predicted octanol–water partition coefficient (Wildman–Crippen LogP) is 1.80. The number of fused-ring (bicyclic) bond motifs is 1. The first-order valence-electron chi connectivity index (χ1n) is 4.59. The van der Waals surface area contributed by atoms with Crippen LogP contribution in [0.15, 0.2) is 18.2 Å². The highest BCUT2D eigenvalue weighted by Gasteiger charge is 2.26. The molecule has 3 heteroatoms. The maximum absolute atomic E-state index is 11.6. The number of methoxy groups -OCH3 is 1. The molecule has 0 aliphatic carbocycles. The third kappa shape index (κ3) is 1.35. The van der Waals surface area contributed by atoms with Crippen LogP contribution in [-0.2, 0) is 11.2 Å². The van der Waals surface area contributed by atoms with Crippen LogP contribution in [0.5, 0.6) is 5.75 Å². The first-order chi connectivity index (χ1) is 6.72. The minimum Gasteiger partial charge on any atom is -0.496 e. The Hall–Kier alpha value is -1.51. The summed E-state index contributed by atoms with van der Waals surface area (Å²) in [5, 5.41) is 0. The molecule has 74 valence electrons. The van der Waals surface area contributed by atoms with Crippen molar-refractivity contribution >= 4 is 5.97 Å². The summed E-state index contributed by atoms with van der Waals surface area (Å²) in [5.41, 5.74) is 1.58. The second kappa shape index (κ2) is 3.33. The summed E-state index contributed by atoms with van der Waals surface area (Å²) in [6, 6.07) is 5.60. The maximum atomic E-state index is 11.6. The van der Waals surface area contributed by atoms with Crippen LogP contribution in [-0.4, -0.2) is 19.2 Å². The van der Waals surface area contributed by atoms with Gasteiger partial charge in [-0.3, -0.25) is 0 Å². The molecule has 1 aliphatic rings. The van der Waals surface area contributed by atoms with Gasteiger partial charge in [0.2, 0.25) is 0 Å². The van der Waals surface area contributed by atoms with Crippen LogP contribution in [0.4, 0.5) is 0 Å². The molecule has 3 nitrogen and oxygen atoms in total. The zero-order valence-electron chi connectivity index (χ0n) is 8.24. The Morgan fingerprint density at radius 2 is 2.29 bits per heavy atom. The van der Waals surface area contributed by atoms with Crippen LogP contribution in [0.25, 0.3) is 0 Å². The Kier molecular flexibility index (Phi) is 2.15. The van der Waals surface area contributed by atoms with Gasteiger partial charge in [0.1, 0.15) is 17.4 Å². The number of ether oxygens (including phenoxy) is 2. The van der Waals surface area contributed by atoms with Gasteiger partial charge >= 0.3 is 5.97 Å². The molecule has 0 bridgehead atoms. The third-order valence-electron chi connectivity index (χ3n) is 2.35. The SMILES string of the molecule is COc1cccc2c1C(=O)O[C@H](C)C2. The van der Waals surface area contributed by atoms with Crippen LogP contribution in [0.3, 0.4) is 0 Å². The lowest BCUT2D eigenvalue weighted by molar-refractivity contribution is 0.0297. The number of hydrogen-bond acceptors (Lipinski definition) is 3. The summed E-state index contributed by atoms with van der Waals surface area (Å²) in [6.07, 6.45) is 0.722. The largest absolute Gasteiger partial charge is 0.496 e. The van der Waals surface area contributed by atoms with E-state index in [-0.39, 0.29) is 12.1 Å². The van der Waals surface area contributed by atoms with E-state index in [1.807, 2.05) is 19.1 Å². The molecule has 0 spiro atoms. The van der Waals surface area contributed by atoms with Crippen molar-refractivity contribution in [2.45, 2.75) is 19.4 Å². The highest BCUT2D eigenvalue weighted by atomic mass is 16.5. The van der Waals surface area contributed by atoms with Gasteiger partial charge in [-0.05, 0) is 18.6 Å². The first kappa shape index (κ1) is 9.06. The number of cyclic esters (lactones) is 1. The van der Waals surface area contributed by atoms with Gasteiger partial charge in [0, 0.05) is 6.42 Å². The molecule has 1 aromatic rings. The van der Waals surface area contributed by atoms with E-state index in [9.17, 15) is 4.79 Å². The molecular weight excluding hydrogens is 180 g/mol. The van der Waals surface area contributed by atoms with Crippen molar-refractivity contribution in [3.63, 3.8) is 0 Å². The van der Waals surface area contributed by atoms with E-state index in [1.54, 1.807) is 13.2 Å². The second-order valence-corrected chi connectivity index (χ2v) is 3.41. The fourth-order valence-corrected chi connectivity index (χ4v) is 1.74. The van der Waals surface area contributed by atoms with E-state index in [1.165, 1.54) is 0 Å². The molecule has 0 aromatic heterocycles. The Bertz CT molecular complexity index is 371. The van der Waals surface area contributed by atoms with E-state index < -0.39 is 0 Å². The van der Waals surface area contributed by atoms with Crippen molar-refractivity contribution < 1.29 is 14.3 Å². The average Bonchev–Trinajstić information content (AvgIpc) is 2.16. The number of carbonyl (C=O) groups is 1. The zero-order chi connectivity index (χ0) is 10.1. The molecule has 0 saturated heterocycles. The van der Waals surface area contributed by atoms with Gasteiger partial charge < -0.3 is 9.47 Å². The molecule has 0 unspecified atom stereocenters. The minimum atomic E-state index is -0.281. The highest BCUT2D eigenvalue weighted by molar-refractivity contribution is 5.95. The Morgan fingerprint density at radius 1 is 1.50 bits per heavy atom. The molecule has 0 radical (unpaired) electrons. The molecule has 2 rings (SSSR count). The molecule has 1 heterocycles. The molecule has 0 fully saturated rings. The summed E-state index contributed by atoms with van der Waals surface area (Å²) in [4.78, 5) is 11.6. The van der Waals surface area contributed by atoms with Gasteiger partial charge in [-0.25, -0.2) is 4.79 Å². The van der Waals surface area contributed by atoms with Gasteiger partial charge in [0.25, 0.3) is 0 Å². The number of esters is 1. The van der Waals surface area contributed by atoms with Crippen LogP contribution in [0.2, 0.25) is 0 Å². The second-order valence-electron chi connectivity index (χ2n) is 3.41. The van der Waals surface area contributed by atoms with E-state index in [0.29, 0.717) is 11.3 Å². The van der Waals surface area contributed by atoms with Crippen molar-refractivity contribution in [2.24, 2.45) is 0 Å². The van der Waals surface area contributed by atoms with Crippen molar-refractivity contribution in [3.8, 4) is 5.75 Å². The standard InChI is InChI=1S/C11H12O3/c1-7-6-8-4-3-5-9(13-2)10(8)11(12)14-7/h3-5,7H,6H2,1-2H3/t7-/m1/s1. The van der Waals surface area contributed by atoms with Crippen molar-refractivity contribution in [3.05, 3.63) is 29.3 Å². The normalized spacial score (nSPS) is 19.9. The molecule has 0 saturated carbocycles. The Balaban J connectivity index is 2.53. The van der Waals surface area contributed by atoms with E-state index >= 15 is 0 Å². The van der Waals surface area contributed by atoms with Gasteiger partial charge in [0.15, 0.2) is 0 Å². The van der Waals surface area contributed by atoms with E-state index in [0.717, 1.165) is 12.0 Å². The predicted molar refractivity (Wildman–Crippen MR) is 51.6 cm³/mol. The maximum Gasteiger partial charge on any atom is 0.342 e. The minimum absolute atomic E-state index is 0.0397. The summed E-state index contributed by atoms with van der Waals surface area (Å²) in [7, 11) is 1.56. The van der Waals surface area contributed by atoms with Crippen molar-refractivity contribution in [2.75, 3.05) is 7.11 Å². The Morgan fingerprint density at radius 3 is 3.00 bits per heavy atom. The first-order valence-corrected chi connectivity index (χ1v) is 4.59. The number of benzene rings is 1. The lowest BCUT2D eigenvalue weighted by Crippen LogP contribution is -2.25. The monoisotopic (exact) mass is 192 g/mol. The summed E-state index contributed by atoms with van der Waals surface area (Å²) < 4.78 is 10.3. The fourth-order valence-electron chi connectivity index (χ4n) is 1.74. The molecular formula is C11H12O3. The molecule has 1 aliphatic heterocycles. The molecule has 0 amide bonds.